The SMILES string of the molecule is CCOC(=O)c1cnc(S(C)(=O)=O)nc1C. The fourth-order valence-corrected chi connectivity index (χ4v) is 1.58. The Morgan fingerprint density at radius 3 is 2.56 bits per heavy atom. The lowest BCUT2D eigenvalue weighted by molar-refractivity contribution is 0.0524. The molecule has 0 saturated heterocycles. The van der Waals surface area contributed by atoms with E-state index in [-0.39, 0.29) is 23.0 Å². The number of rotatable bonds is 3. The number of aryl methyl sites for hydroxylation is 1. The molecule has 0 spiro atoms. The summed E-state index contributed by atoms with van der Waals surface area (Å²) in [6.07, 6.45) is 2.17. The molecule has 7 heteroatoms. The van der Waals surface area contributed by atoms with Gasteiger partial charge >= 0.3 is 5.97 Å². The molecule has 0 fully saturated rings. The Kier molecular flexibility index (Phi) is 3.58. The molecule has 88 valence electrons. The number of aromatic nitrogens is 2. The monoisotopic (exact) mass is 244 g/mol. The molecule has 0 unspecified atom stereocenters. The van der Waals surface area contributed by atoms with Gasteiger partial charge in [0.15, 0.2) is 0 Å². The zero-order chi connectivity index (χ0) is 12.3. The highest BCUT2D eigenvalue weighted by Gasteiger charge is 2.16. The van der Waals surface area contributed by atoms with E-state index in [0.717, 1.165) is 12.5 Å². The van der Waals surface area contributed by atoms with E-state index >= 15 is 0 Å². The average molecular weight is 244 g/mol. The number of nitrogens with zero attached hydrogens (tertiary/aromatic N) is 2. The first kappa shape index (κ1) is 12.6. The van der Waals surface area contributed by atoms with Crippen molar-refractivity contribution >= 4 is 15.8 Å². The molecule has 6 nitrogen and oxygen atoms in total. The van der Waals surface area contributed by atoms with Gasteiger partial charge in [0.05, 0.1) is 17.9 Å². The van der Waals surface area contributed by atoms with E-state index in [1.54, 1.807) is 6.92 Å². The van der Waals surface area contributed by atoms with Gasteiger partial charge in [-0.15, -0.1) is 0 Å². The third-order valence-corrected chi connectivity index (χ3v) is 2.64. The first-order valence-corrected chi connectivity index (χ1v) is 6.46. The molecule has 0 radical (unpaired) electrons. The highest BCUT2D eigenvalue weighted by Crippen LogP contribution is 2.09. The first-order chi connectivity index (χ1) is 7.36. The summed E-state index contributed by atoms with van der Waals surface area (Å²) in [7, 11) is -3.45. The van der Waals surface area contributed by atoms with Crippen LogP contribution in [0.2, 0.25) is 0 Å². The smallest absolute Gasteiger partial charge is 0.341 e. The second kappa shape index (κ2) is 4.56. The topological polar surface area (TPSA) is 86.2 Å². The van der Waals surface area contributed by atoms with Gasteiger partial charge in [-0.2, -0.15) is 0 Å². The van der Waals surface area contributed by atoms with Crippen molar-refractivity contribution in [1.29, 1.82) is 0 Å². The molecule has 0 N–H and O–H groups in total. The minimum atomic E-state index is -3.45. The number of sulfone groups is 1. The number of esters is 1. The number of carbonyl (C=O) groups excluding carboxylic acids is 1. The highest BCUT2D eigenvalue weighted by atomic mass is 32.2. The maximum absolute atomic E-state index is 11.4. The molecule has 0 aliphatic heterocycles. The Morgan fingerprint density at radius 1 is 1.50 bits per heavy atom. The van der Waals surface area contributed by atoms with Crippen molar-refractivity contribution in [1.82, 2.24) is 9.97 Å². The van der Waals surface area contributed by atoms with Crippen LogP contribution in [0.25, 0.3) is 0 Å². The van der Waals surface area contributed by atoms with Crippen LogP contribution in [0, 0.1) is 6.92 Å². The molecule has 0 aromatic carbocycles. The highest BCUT2D eigenvalue weighted by molar-refractivity contribution is 7.90. The molecule has 0 atom stereocenters. The van der Waals surface area contributed by atoms with E-state index in [2.05, 4.69) is 9.97 Å². The lowest BCUT2D eigenvalue weighted by atomic mass is 10.2. The number of carbonyl (C=O) groups is 1. The van der Waals surface area contributed by atoms with Crippen LogP contribution in [0.5, 0.6) is 0 Å². The van der Waals surface area contributed by atoms with Crippen molar-refractivity contribution < 1.29 is 17.9 Å². The quantitative estimate of drug-likeness (QED) is 0.564. The van der Waals surface area contributed by atoms with Gasteiger partial charge in [0.2, 0.25) is 15.0 Å². The largest absolute Gasteiger partial charge is 0.462 e. The second-order valence-corrected chi connectivity index (χ2v) is 5.05. The predicted octanol–water partition coefficient (Wildman–Crippen LogP) is 0.365. The van der Waals surface area contributed by atoms with Crippen molar-refractivity contribution in [3.8, 4) is 0 Å². The van der Waals surface area contributed by atoms with Crippen LogP contribution in [-0.4, -0.2) is 37.2 Å². The number of hydrogen-bond donors (Lipinski definition) is 0. The van der Waals surface area contributed by atoms with Crippen molar-refractivity contribution in [2.24, 2.45) is 0 Å². The summed E-state index contributed by atoms with van der Waals surface area (Å²) in [5.41, 5.74) is 0.461. The van der Waals surface area contributed by atoms with E-state index in [1.165, 1.54) is 6.92 Å². The summed E-state index contributed by atoms with van der Waals surface area (Å²) in [6.45, 7) is 3.45. The van der Waals surface area contributed by atoms with Gasteiger partial charge in [0.25, 0.3) is 0 Å². The van der Waals surface area contributed by atoms with Crippen LogP contribution in [0.4, 0.5) is 0 Å². The molecule has 0 amide bonds. The van der Waals surface area contributed by atoms with Crippen molar-refractivity contribution in [2.45, 2.75) is 19.0 Å². The van der Waals surface area contributed by atoms with Crippen LogP contribution in [0.3, 0.4) is 0 Å². The normalized spacial score (nSPS) is 11.2. The second-order valence-electron chi connectivity index (χ2n) is 3.14. The van der Waals surface area contributed by atoms with Crippen LogP contribution in [0.15, 0.2) is 11.4 Å². The molecule has 0 bridgehead atoms. The molecule has 1 rings (SSSR count). The van der Waals surface area contributed by atoms with Crippen LogP contribution in [-0.2, 0) is 14.6 Å². The van der Waals surface area contributed by atoms with E-state index < -0.39 is 15.8 Å². The van der Waals surface area contributed by atoms with Gasteiger partial charge in [0.1, 0.15) is 0 Å². The molecule has 1 heterocycles. The summed E-state index contributed by atoms with van der Waals surface area (Å²) < 4.78 is 27.1. The fraction of sp³-hybridized carbons (Fsp3) is 0.444. The van der Waals surface area contributed by atoms with Gasteiger partial charge in [-0.05, 0) is 13.8 Å². The first-order valence-electron chi connectivity index (χ1n) is 4.57. The summed E-state index contributed by atoms with van der Waals surface area (Å²) in [6, 6.07) is 0. The van der Waals surface area contributed by atoms with Crippen molar-refractivity contribution in [2.75, 3.05) is 12.9 Å². The van der Waals surface area contributed by atoms with Crippen LogP contribution < -0.4 is 0 Å². The maximum Gasteiger partial charge on any atom is 0.341 e. The molecule has 0 aliphatic rings. The Morgan fingerprint density at radius 2 is 2.12 bits per heavy atom. The average Bonchev–Trinajstić information content (AvgIpc) is 2.16. The van der Waals surface area contributed by atoms with E-state index in [1.807, 2.05) is 0 Å². The molecule has 1 aromatic heterocycles. The standard InChI is InChI=1S/C9H12N2O4S/c1-4-15-8(12)7-5-10-9(11-6(7)2)16(3,13)14/h5H,4H2,1-3H3. The molecule has 0 saturated carbocycles. The van der Waals surface area contributed by atoms with Crippen molar-refractivity contribution in [3.63, 3.8) is 0 Å². The minimum absolute atomic E-state index is 0.175. The Labute approximate surface area is 93.6 Å². The zero-order valence-electron chi connectivity index (χ0n) is 9.22. The van der Waals surface area contributed by atoms with E-state index in [4.69, 9.17) is 4.74 Å². The number of hydrogen-bond acceptors (Lipinski definition) is 6. The fourth-order valence-electron chi connectivity index (χ4n) is 1.03. The summed E-state index contributed by atoms with van der Waals surface area (Å²) >= 11 is 0. The van der Waals surface area contributed by atoms with Crippen LogP contribution in [0.1, 0.15) is 23.0 Å². The summed E-state index contributed by atoms with van der Waals surface area (Å²) in [5.74, 6) is -0.556. The molecular formula is C9H12N2O4S. The van der Waals surface area contributed by atoms with Gasteiger partial charge in [-0.1, -0.05) is 0 Å². The van der Waals surface area contributed by atoms with Gasteiger partial charge in [-0.3, -0.25) is 0 Å². The van der Waals surface area contributed by atoms with Gasteiger partial charge in [0, 0.05) is 12.5 Å². The summed E-state index contributed by atoms with van der Waals surface area (Å²) in [4.78, 5) is 18.7. The third kappa shape index (κ3) is 2.75. The van der Waals surface area contributed by atoms with Crippen LogP contribution >= 0.6 is 0 Å². The van der Waals surface area contributed by atoms with Gasteiger partial charge < -0.3 is 4.74 Å². The third-order valence-electron chi connectivity index (χ3n) is 1.78. The molecule has 0 aliphatic carbocycles. The Balaban J connectivity index is 3.15. The van der Waals surface area contributed by atoms with E-state index in [0.29, 0.717) is 0 Å². The minimum Gasteiger partial charge on any atom is -0.462 e. The molecular weight excluding hydrogens is 232 g/mol. The lowest BCUT2D eigenvalue weighted by Gasteiger charge is -2.05. The number of ether oxygens (including phenoxy) is 1. The molecule has 16 heavy (non-hydrogen) atoms. The summed E-state index contributed by atoms with van der Waals surface area (Å²) in [5, 5.41) is -0.293. The zero-order valence-corrected chi connectivity index (χ0v) is 10.0. The Hall–Kier alpha value is -1.50. The lowest BCUT2D eigenvalue weighted by Crippen LogP contribution is -2.12. The maximum atomic E-state index is 11.4. The predicted molar refractivity (Wildman–Crippen MR) is 55.8 cm³/mol. The molecule has 1 aromatic rings. The van der Waals surface area contributed by atoms with Crippen molar-refractivity contribution in [3.05, 3.63) is 17.5 Å². The van der Waals surface area contributed by atoms with E-state index in [9.17, 15) is 13.2 Å². The van der Waals surface area contributed by atoms with Gasteiger partial charge in [-0.25, -0.2) is 23.2 Å². The Bertz CT molecular complexity index is 510.